The van der Waals surface area contributed by atoms with Gasteiger partial charge in [0, 0.05) is 23.5 Å². The second-order valence-corrected chi connectivity index (χ2v) is 9.18. The number of pyridine rings is 1. The van der Waals surface area contributed by atoms with Crippen molar-refractivity contribution in [1.82, 2.24) is 4.98 Å². The molecule has 0 bridgehead atoms. The van der Waals surface area contributed by atoms with Gasteiger partial charge in [0.2, 0.25) is 0 Å². The monoisotopic (exact) mass is 344 g/mol. The molecule has 134 valence electrons. The molecule has 2 fully saturated rings. The van der Waals surface area contributed by atoms with E-state index in [0.29, 0.717) is 11.3 Å². The smallest absolute Gasteiger partial charge is 0.0343 e. The predicted molar refractivity (Wildman–Crippen MR) is 107 cm³/mol. The SMILES string of the molecule is C[C@]12CCC3[C@@H](CCC4=CC(=N)CC[C@@]43C)C1=CC=C2c1cccnc1. The second-order valence-electron chi connectivity index (χ2n) is 9.18. The van der Waals surface area contributed by atoms with Crippen LogP contribution >= 0.6 is 0 Å². The van der Waals surface area contributed by atoms with Crippen LogP contribution in [0.1, 0.15) is 57.9 Å². The van der Waals surface area contributed by atoms with Crippen LogP contribution in [0.3, 0.4) is 0 Å². The van der Waals surface area contributed by atoms with E-state index in [0.717, 1.165) is 18.1 Å². The number of hydrogen-bond acceptors (Lipinski definition) is 2. The maximum Gasteiger partial charge on any atom is 0.0343 e. The van der Waals surface area contributed by atoms with Crippen LogP contribution < -0.4 is 0 Å². The molecule has 1 N–H and O–H groups in total. The van der Waals surface area contributed by atoms with Gasteiger partial charge < -0.3 is 5.41 Å². The van der Waals surface area contributed by atoms with Gasteiger partial charge in [0.05, 0.1) is 0 Å². The van der Waals surface area contributed by atoms with E-state index in [1.165, 1.54) is 43.2 Å². The first-order valence-corrected chi connectivity index (χ1v) is 10.1. The third-order valence-electron chi connectivity index (χ3n) is 8.01. The average molecular weight is 345 g/mol. The molecule has 0 aliphatic heterocycles. The summed E-state index contributed by atoms with van der Waals surface area (Å²) in [6, 6.07) is 4.27. The predicted octanol–water partition coefficient (Wildman–Crippen LogP) is 5.98. The normalized spacial score (nSPS) is 38.5. The molecule has 0 spiro atoms. The van der Waals surface area contributed by atoms with Crippen LogP contribution in [0.4, 0.5) is 0 Å². The summed E-state index contributed by atoms with van der Waals surface area (Å²) in [6.45, 7) is 4.96. The molecule has 1 aromatic rings. The Labute approximate surface area is 156 Å². The highest BCUT2D eigenvalue weighted by Crippen LogP contribution is 2.65. The van der Waals surface area contributed by atoms with Crippen molar-refractivity contribution < 1.29 is 0 Å². The molecule has 1 unspecified atom stereocenters. The Balaban J connectivity index is 1.50. The van der Waals surface area contributed by atoms with Crippen molar-refractivity contribution in [2.75, 3.05) is 0 Å². The van der Waals surface area contributed by atoms with E-state index in [1.807, 2.05) is 12.4 Å². The zero-order chi connectivity index (χ0) is 17.9. The fourth-order valence-corrected chi connectivity index (χ4v) is 6.52. The summed E-state index contributed by atoms with van der Waals surface area (Å²) in [7, 11) is 0. The highest BCUT2D eigenvalue weighted by Gasteiger charge is 2.54. The Morgan fingerprint density at radius 3 is 2.81 bits per heavy atom. The van der Waals surface area contributed by atoms with Gasteiger partial charge in [-0.15, -0.1) is 0 Å². The molecule has 2 saturated carbocycles. The van der Waals surface area contributed by atoms with Gasteiger partial charge in [-0.1, -0.05) is 43.2 Å². The minimum Gasteiger partial charge on any atom is -0.305 e. The van der Waals surface area contributed by atoms with Crippen molar-refractivity contribution in [3.63, 3.8) is 0 Å². The van der Waals surface area contributed by atoms with Crippen LogP contribution in [0.2, 0.25) is 0 Å². The molecule has 4 aliphatic carbocycles. The summed E-state index contributed by atoms with van der Waals surface area (Å²) >= 11 is 0. The molecule has 2 nitrogen and oxygen atoms in total. The highest BCUT2D eigenvalue weighted by molar-refractivity contribution is 5.94. The van der Waals surface area contributed by atoms with E-state index in [2.05, 4.69) is 49.2 Å². The quantitative estimate of drug-likeness (QED) is 0.668. The highest BCUT2D eigenvalue weighted by atomic mass is 14.6. The van der Waals surface area contributed by atoms with Gasteiger partial charge in [-0.05, 0) is 79.1 Å². The summed E-state index contributed by atoms with van der Waals surface area (Å²) in [5.41, 5.74) is 7.34. The molecule has 4 aliphatic rings. The van der Waals surface area contributed by atoms with Crippen molar-refractivity contribution >= 4 is 11.3 Å². The van der Waals surface area contributed by atoms with Gasteiger partial charge in [-0.3, -0.25) is 4.98 Å². The average Bonchev–Trinajstić information content (AvgIpc) is 3.00. The van der Waals surface area contributed by atoms with Crippen molar-refractivity contribution in [3.8, 4) is 0 Å². The lowest BCUT2D eigenvalue weighted by molar-refractivity contribution is 0.0719. The van der Waals surface area contributed by atoms with Crippen LogP contribution in [0, 0.1) is 28.1 Å². The lowest BCUT2D eigenvalue weighted by atomic mass is 9.48. The van der Waals surface area contributed by atoms with Gasteiger partial charge in [-0.25, -0.2) is 0 Å². The maximum atomic E-state index is 8.10. The van der Waals surface area contributed by atoms with E-state index in [1.54, 1.807) is 11.1 Å². The molecule has 26 heavy (non-hydrogen) atoms. The topological polar surface area (TPSA) is 36.7 Å². The molecule has 2 heteroatoms. The zero-order valence-electron chi connectivity index (χ0n) is 15.9. The van der Waals surface area contributed by atoms with Gasteiger partial charge in [0.1, 0.15) is 0 Å². The molecule has 4 atom stereocenters. The Morgan fingerprint density at radius 2 is 2.00 bits per heavy atom. The first-order valence-electron chi connectivity index (χ1n) is 10.1. The van der Waals surface area contributed by atoms with Crippen LogP contribution in [-0.4, -0.2) is 10.7 Å². The molecule has 1 heterocycles. The van der Waals surface area contributed by atoms with E-state index in [4.69, 9.17) is 5.41 Å². The Bertz CT molecular complexity index is 859. The fraction of sp³-hybridized carbons (Fsp3) is 0.500. The van der Waals surface area contributed by atoms with Gasteiger partial charge in [0.25, 0.3) is 0 Å². The lowest BCUT2D eigenvalue weighted by Gasteiger charge is -2.56. The number of fused-ring (bicyclic) bond motifs is 5. The Kier molecular flexibility index (Phi) is 3.44. The van der Waals surface area contributed by atoms with Crippen molar-refractivity contribution in [3.05, 3.63) is 59.5 Å². The first kappa shape index (κ1) is 16.2. The van der Waals surface area contributed by atoms with Crippen molar-refractivity contribution in [1.29, 1.82) is 5.41 Å². The van der Waals surface area contributed by atoms with E-state index in [9.17, 15) is 0 Å². The molecule has 1 aromatic heterocycles. The Hall–Kier alpha value is -1.96. The number of nitrogens with one attached hydrogen (secondary N) is 1. The molecular formula is C24H28N2. The molecular weight excluding hydrogens is 316 g/mol. The molecule has 0 saturated heterocycles. The van der Waals surface area contributed by atoms with Crippen molar-refractivity contribution in [2.45, 2.75) is 52.4 Å². The van der Waals surface area contributed by atoms with Crippen LogP contribution in [-0.2, 0) is 0 Å². The standard InChI is InChI=1S/C24H28N2/c1-23-11-9-18(25)14-17(23)5-6-19-21-8-7-20(16-4-3-13-26-15-16)24(21,2)12-10-22(19)23/h3-4,7-8,13-15,19,22,25H,5-6,9-12H2,1-2H3/t19-,22?,23-,24+/m0/s1. The molecule has 0 radical (unpaired) electrons. The van der Waals surface area contributed by atoms with Gasteiger partial charge in [-0.2, -0.15) is 0 Å². The number of nitrogens with zero attached hydrogens (tertiary/aromatic N) is 1. The van der Waals surface area contributed by atoms with Crippen LogP contribution in [0.15, 0.2) is 53.9 Å². The minimum atomic E-state index is 0.184. The number of aromatic nitrogens is 1. The lowest BCUT2D eigenvalue weighted by Crippen LogP contribution is -2.46. The largest absolute Gasteiger partial charge is 0.305 e. The summed E-state index contributed by atoms with van der Waals surface area (Å²) in [6.07, 6.45) is 18.0. The number of hydrogen-bond donors (Lipinski definition) is 1. The summed E-state index contributed by atoms with van der Waals surface area (Å²) < 4.78 is 0. The second kappa shape index (κ2) is 5.52. The van der Waals surface area contributed by atoms with E-state index < -0.39 is 0 Å². The minimum absolute atomic E-state index is 0.184. The third kappa shape index (κ3) is 2.11. The number of allylic oxidation sites excluding steroid dienone is 6. The summed E-state index contributed by atoms with van der Waals surface area (Å²) in [5.74, 6) is 1.45. The summed E-state index contributed by atoms with van der Waals surface area (Å²) in [4.78, 5) is 4.36. The van der Waals surface area contributed by atoms with Crippen LogP contribution in [0.25, 0.3) is 5.57 Å². The number of rotatable bonds is 1. The zero-order valence-corrected chi connectivity index (χ0v) is 15.9. The molecule has 0 amide bonds. The molecule has 0 aromatic carbocycles. The third-order valence-corrected chi connectivity index (χ3v) is 8.01. The van der Waals surface area contributed by atoms with E-state index >= 15 is 0 Å². The first-order chi connectivity index (χ1) is 12.5. The summed E-state index contributed by atoms with van der Waals surface area (Å²) in [5, 5.41) is 8.10. The maximum absolute atomic E-state index is 8.10. The van der Waals surface area contributed by atoms with Crippen molar-refractivity contribution in [2.24, 2.45) is 22.7 Å². The molecule has 5 rings (SSSR count). The van der Waals surface area contributed by atoms with Gasteiger partial charge in [0.15, 0.2) is 0 Å². The Morgan fingerprint density at radius 1 is 1.12 bits per heavy atom. The van der Waals surface area contributed by atoms with Gasteiger partial charge >= 0.3 is 0 Å². The van der Waals surface area contributed by atoms with E-state index in [-0.39, 0.29) is 5.41 Å². The van der Waals surface area contributed by atoms with Crippen LogP contribution in [0.5, 0.6) is 0 Å². The fourth-order valence-electron chi connectivity index (χ4n) is 6.52.